The quantitative estimate of drug-likeness (QED) is 0.765. The van der Waals surface area contributed by atoms with Crippen LogP contribution in [0, 0.1) is 5.92 Å². The van der Waals surface area contributed by atoms with Gasteiger partial charge in [0.2, 0.25) is 0 Å². The third kappa shape index (κ3) is 5.22. The minimum absolute atomic E-state index is 0.112. The number of sulfone groups is 1. The normalized spacial score (nSPS) is 34.8. The van der Waals surface area contributed by atoms with Crippen molar-refractivity contribution in [3.63, 3.8) is 0 Å². The minimum atomic E-state index is -2.94. The molecule has 124 valence electrons. The van der Waals surface area contributed by atoms with Crippen LogP contribution in [-0.2, 0) is 14.6 Å². The standard InChI is InChI=1S/C16H31NO3S/c1-13-7-3-5-9-15(13)20-12-11-17-14-8-4-6-10-16(14)21(2,18)19/h13-17H,3-12H2,1-2H3/t13-,14+,15+,16-/m1/s1. The average molecular weight is 317 g/mol. The van der Waals surface area contributed by atoms with Crippen molar-refractivity contribution in [1.82, 2.24) is 5.32 Å². The van der Waals surface area contributed by atoms with Gasteiger partial charge in [-0.25, -0.2) is 8.42 Å². The fourth-order valence-corrected chi connectivity index (χ4v) is 5.25. The second-order valence-electron chi connectivity index (χ2n) is 6.88. The maximum absolute atomic E-state index is 11.8. The monoisotopic (exact) mass is 317 g/mol. The van der Waals surface area contributed by atoms with E-state index in [9.17, 15) is 8.42 Å². The van der Waals surface area contributed by atoms with Crippen LogP contribution in [0.15, 0.2) is 0 Å². The Balaban J connectivity index is 1.71. The van der Waals surface area contributed by atoms with Gasteiger partial charge in [0.1, 0.15) is 0 Å². The van der Waals surface area contributed by atoms with Crippen LogP contribution in [0.25, 0.3) is 0 Å². The fraction of sp³-hybridized carbons (Fsp3) is 1.00. The maximum atomic E-state index is 11.8. The minimum Gasteiger partial charge on any atom is -0.377 e. The van der Waals surface area contributed by atoms with Crippen molar-refractivity contribution >= 4 is 9.84 Å². The van der Waals surface area contributed by atoms with E-state index in [1.54, 1.807) is 0 Å². The zero-order valence-electron chi connectivity index (χ0n) is 13.5. The van der Waals surface area contributed by atoms with Gasteiger partial charge in [-0.1, -0.05) is 32.6 Å². The van der Waals surface area contributed by atoms with E-state index >= 15 is 0 Å². The van der Waals surface area contributed by atoms with Crippen LogP contribution >= 0.6 is 0 Å². The number of hydrogen-bond acceptors (Lipinski definition) is 4. The molecule has 1 N–H and O–H groups in total. The van der Waals surface area contributed by atoms with Crippen LogP contribution < -0.4 is 5.32 Å². The van der Waals surface area contributed by atoms with Gasteiger partial charge in [-0.15, -0.1) is 0 Å². The molecule has 5 heteroatoms. The van der Waals surface area contributed by atoms with E-state index in [1.807, 2.05) is 0 Å². The molecule has 0 aromatic carbocycles. The van der Waals surface area contributed by atoms with Crippen molar-refractivity contribution in [2.24, 2.45) is 5.92 Å². The van der Waals surface area contributed by atoms with Crippen molar-refractivity contribution < 1.29 is 13.2 Å². The number of nitrogens with one attached hydrogen (secondary N) is 1. The molecule has 2 fully saturated rings. The Morgan fingerprint density at radius 3 is 2.43 bits per heavy atom. The molecule has 2 saturated carbocycles. The molecule has 2 aliphatic rings. The molecule has 0 heterocycles. The van der Waals surface area contributed by atoms with Gasteiger partial charge in [0.05, 0.1) is 18.0 Å². The summed E-state index contributed by atoms with van der Waals surface area (Å²) in [6, 6.07) is 0.112. The molecular weight excluding hydrogens is 286 g/mol. The van der Waals surface area contributed by atoms with E-state index in [0.717, 1.165) is 32.2 Å². The topological polar surface area (TPSA) is 55.4 Å². The Kier molecular flexibility index (Phi) is 6.51. The summed E-state index contributed by atoms with van der Waals surface area (Å²) in [5, 5.41) is 3.22. The predicted octanol–water partition coefficient (Wildman–Crippen LogP) is 2.53. The summed E-state index contributed by atoms with van der Waals surface area (Å²) >= 11 is 0. The maximum Gasteiger partial charge on any atom is 0.151 e. The molecule has 0 amide bonds. The highest BCUT2D eigenvalue weighted by atomic mass is 32.2. The zero-order valence-corrected chi connectivity index (χ0v) is 14.3. The summed E-state index contributed by atoms with van der Waals surface area (Å²) in [5.41, 5.74) is 0. The first-order chi connectivity index (χ1) is 9.98. The van der Waals surface area contributed by atoms with Crippen LogP contribution in [0.2, 0.25) is 0 Å². The molecule has 21 heavy (non-hydrogen) atoms. The van der Waals surface area contributed by atoms with Crippen LogP contribution in [0.4, 0.5) is 0 Å². The van der Waals surface area contributed by atoms with Crippen molar-refractivity contribution in [2.45, 2.75) is 75.7 Å². The Hall–Kier alpha value is -0.130. The average Bonchev–Trinajstić information content (AvgIpc) is 2.45. The molecule has 0 saturated heterocycles. The third-order valence-electron chi connectivity index (χ3n) is 5.13. The smallest absolute Gasteiger partial charge is 0.151 e. The van der Waals surface area contributed by atoms with Gasteiger partial charge in [-0.2, -0.15) is 0 Å². The van der Waals surface area contributed by atoms with Crippen LogP contribution in [0.5, 0.6) is 0 Å². The Morgan fingerprint density at radius 1 is 1.05 bits per heavy atom. The molecule has 0 aliphatic heterocycles. The summed E-state index contributed by atoms with van der Waals surface area (Å²) in [7, 11) is -2.94. The lowest BCUT2D eigenvalue weighted by Gasteiger charge is -2.32. The third-order valence-corrected chi connectivity index (χ3v) is 6.79. The summed E-state index contributed by atoms with van der Waals surface area (Å²) in [6.07, 6.45) is 10.8. The van der Waals surface area contributed by atoms with Crippen molar-refractivity contribution in [3.05, 3.63) is 0 Å². The van der Waals surface area contributed by atoms with E-state index in [0.29, 0.717) is 18.6 Å². The lowest BCUT2D eigenvalue weighted by molar-refractivity contribution is -0.00409. The SMILES string of the molecule is C[C@@H]1CCCC[C@@H]1OCCN[C@H]1CCCC[C@H]1S(C)(=O)=O. The Morgan fingerprint density at radius 2 is 1.71 bits per heavy atom. The summed E-state index contributed by atoms with van der Waals surface area (Å²) in [4.78, 5) is 0. The van der Waals surface area contributed by atoms with E-state index in [-0.39, 0.29) is 11.3 Å². The van der Waals surface area contributed by atoms with Crippen LogP contribution in [0.1, 0.15) is 58.3 Å². The molecule has 0 aromatic rings. The molecule has 0 unspecified atom stereocenters. The molecule has 4 nitrogen and oxygen atoms in total. The number of rotatable bonds is 6. The van der Waals surface area contributed by atoms with E-state index < -0.39 is 9.84 Å². The van der Waals surface area contributed by atoms with Gasteiger partial charge in [0.15, 0.2) is 9.84 Å². The molecule has 2 rings (SSSR count). The highest BCUT2D eigenvalue weighted by Crippen LogP contribution is 2.26. The van der Waals surface area contributed by atoms with Crippen LogP contribution in [0.3, 0.4) is 0 Å². The Labute approximate surface area is 129 Å². The summed E-state index contributed by atoms with van der Waals surface area (Å²) < 4.78 is 29.7. The van der Waals surface area contributed by atoms with E-state index in [1.165, 1.54) is 31.9 Å². The van der Waals surface area contributed by atoms with Gasteiger partial charge in [0, 0.05) is 18.8 Å². The first-order valence-corrected chi connectivity index (χ1v) is 10.5. The molecular formula is C16H31NO3S. The molecule has 0 radical (unpaired) electrons. The first-order valence-electron chi connectivity index (χ1n) is 8.52. The lowest BCUT2D eigenvalue weighted by Crippen LogP contribution is -2.47. The van der Waals surface area contributed by atoms with Gasteiger partial charge >= 0.3 is 0 Å². The number of hydrogen-bond donors (Lipinski definition) is 1. The molecule has 0 spiro atoms. The second kappa shape index (κ2) is 7.93. The Bertz CT molecular complexity index is 410. The molecule has 0 bridgehead atoms. The van der Waals surface area contributed by atoms with Gasteiger partial charge in [0.25, 0.3) is 0 Å². The largest absolute Gasteiger partial charge is 0.377 e. The summed E-state index contributed by atoms with van der Waals surface area (Å²) in [6.45, 7) is 3.74. The molecule has 2 aliphatic carbocycles. The fourth-order valence-electron chi connectivity index (χ4n) is 3.83. The second-order valence-corrected chi connectivity index (χ2v) is 9.15. The van der Waals surface area contributed by atoms with E-state index in [4.69, 9.17) is 4.74 Å². The van der Waals surface area contributed by atoms with Gasteiger partial charge in [-0.3, -0.25) is 0 Å². The highest BCUT2D eigenvalue weighted by molar-refractivity contribution is 7.91. The van der Waals surface area contributed by atoms with Crippen LogP contribution in [-0.4, -0.2) is 45.2 Å². The number of ether oxygens (including phenoxy) is 1. The van der Waals surface area contributed by atoms with E-state index in [2.05, 4.69) is 12.2 Å². The van der Waals surface area contributed by atoms with Gasteiger partial charge < -0.3 is 10.1 Å². The lowest BCUT2D eigenvalue weighted by atomic mass is 9.88. The highest BCUT2D eigenvalue weighted by Gasteiger charge is 2.32. The summed E-state index contributed by atoms with van der Waals surface area (Å²) in [5.74, 6) is 0.664. The van der Waals surface area contributed by atoms with Crippen molar-refractivity contribution in [1.29, 1.82) is 0 Å². The first kappa shape index (κ1) is 17.2. The molecule has 4 atom stereocenters. The predicted molar refractivity (Wildman–Crippen MR) is 86.3 cm³/mol. The molecule has 0 aromatic heterocycles. The zero-order chi connectivity index (χ0) is 15.3. The van der Waals surface area contributed by atoms with Crippen molar-refractivity contribution in [3.8, 4) is 0 Å². The van der Waals surface area contributed by atoms with Gasteiger partial charge in [-0.05, 0) is 31.6 Å². The van der Waals surface area contributed by atoms with Crippen molar-refractivity contribution in [2.75, 3.05) is 19.4 Å².